The quantitative estimate of drug-likeness (QED) is 0.175. The van der Waals surface area contributed by atoms with Crippen molar-refractivity contribution in [2.75, 3.05) is 0 Å². The minimum atomic E-state index is 0.625. The van der Waals surface area contributed by atoms with Gasteiger partial charge in [0, 0.05) is 69.4 Å². The maximum absolute atomic E-state index is 11.4. The van der Waals surface area contributed by atoms with Gasteiger partial charge >= 0.3 is 0 Å². The Kier molecular flexibility index (Phi) is 6.92. The number of para-hydroxylation sites is 5. The average Bonchev–Trinajstić information content (AvgIpc) is 4.05. The van der Waals surface area contributed by atoms with Gasteiger partial charge in [0.25, 0.3) is 0 Å². The van der Waals surface area contributed by atoms with Crippen molar-refractivity contribution in [1.29, 1.82) is 5.26 Å². The Bertz CT molecular complexity index is 3870. The molecule has 0 spiro atoms. The monoisotopic (exact) mass is 780 g/mol. The summed E-state index contributed by atoms with van der Waals surface area (Å²) in [5.41, 5.74) is 12.3. The van der Waals surface area contributed by atoms with E-state index in [4.69, 9.17) is 0 Å². The molecule has 13 rings (SSSR count). The highest BCUT2D eigenvalue weighted by atomic mass is 32.1. The standard InChI is InChI=1S/C55H32N4S/c56-33-34-30-36(58-47-23-9-3-16-39(47)40-17-4-10-24-48(40)58)32-51(54(34)43-20-13-27-53-55(43)42-19-6-12-26-52(42)60-53)59-49-25-11-5-18-41(49)44-31-35(28-29-50(44)59)57-45-21-7-1-14-37(45)38-15-2-8-22-46(38)57/h1-32H. The van der Waals surface area contributed by atoms with E-state index in [0.29, 0.717) is 5.56 Å². The number of aromatic nitrogens is 3. The summed E-state index contributed by atoms with van der Waals surface area (Å²) >= 11 is 1.80. The van der Waals surface area contributed by atoms with Crippen LogP contribution in [-0.4, -0.2) is 13.7 Å². The van der Waals surface area contributed by atoms with Crippen molar-refractivity contribution in [3.8, 4) is 34.3 Å². The minimum absolute atomic E-state index is 0.625. The van der Waals surface area contributed by atoms with Gasteiger partial charge in [0.15, 0.2) is 0 Å². The van der Waals surface area contributed by atoms with Gasteiger partial charge in [-0.3, -0.25) is 0 Å². The molecule has 13 aromatic rings. The summed E-state index contributed by atoms with van der Waals surface area (Å²) in [6.45, 7) is 0. The Hall–Kier alpha value is -7.91. The van der Waals surface area contributed by atoms with Crippen molar-refractivity contribution in [3.05, 3.63) is 200 Å². The molecular formula is C55H32N4S. The zero-order valence-corrected chi connectivity index (χ0v) is 33.0. The fourth-order valence-corrected chi connectivity index (χ4v) is 11.2. The molecule has 4 aromatic heterocycles. The van der Waals surface area contributed by atoms with Crippen LogP contribution in [-0.2, 0) is 0 Å². The van der Waals surface area contributed by atoms with Gasteiger partial charge in [-0.1, -0.05) is 121 Å². The predicted molar refractivity (Wildman–Crippen MR) is 252 cm³/mol. The highest BCUT2D eigenvalue weighted by Gasteiger charge is 2.24. The number of nitrogens with zero attached hydrogens (tertiary/aromatic N) is 4. The third kappa shape index (κ3) is 4.54. The molecule has 9 aromatic carbocycles. The normalized spacial score (nSPS) is 12.0. The second-order valence-electron chi connectivity index (χ2n) is 15.6. The number of hydrogen-bond donors (Lipinski definition) is 0. The molecule has 4 heterocycles. The van der Waals surface area contributed by atoms with Crippen molar-refractivity contribution in [2.24, 2.45) is 0 Å². The second-order valence-corrected chi connectivity index (χ2v) is 16.7. The molecule has 0 unspecified atom stereocenters. The van der Waals surface area contributed by atoms with E-state index in [0.717, 1.165) is 61.0 Å². The third-order valence-corrected chi connectivity index (χ3v) is 13.6. The molecular weight excluding hydrogens is 749 g/mol. The van der Waals surface area contributed by atoms with Crippen LogP contribution in [0.4, 0.5) is 0 Å². The van der Waals surface area contributed by atoms with Crippen molar-refractivity contribution >= 4 is 96.9 Å². The fraction of sp³-hybridized carbons (Fsp3) is 0. The molecule has 0 saturated carbocycles. The molecule has 0 bridgehead atoms. The van der Waals surface area contributed by atoms with Crippen LogP contribution in [0.25, 0.3) is 114 Å². The Morgan fingerprint density at radius 1 is 0.367 bits per heavy atom. The molecule has 0 saturated heterocycles. The predicted octanol–water partition coefficient (Wildman–Crippen LogP) is 14.9. The van der Waals surface area contributed by atoms with Gasteiger partial charge in [-0.15, -0.1) is 11.3 Å². The first-order valence-electron chi connectivity index (χ1n) is 20.2. The summed E-state index contributed by atoms with van der Waals surface area (Å²) in [6.07, 6.45) is 0. The third-order valence-electron chi connectivity index (χ3n) is 12.5. The molecule has 0 atom stereocenters. The van der Waals surface area contributed by atoms with Crippen molar-refractivity contribution in [2.45, 2.75) is 0 Å². The van der Waals surface area contributed by atoms with E-state index in [1.165, 1.54) is 52.8 Å². The lowest BCUT2D eigenvalue weighted by Gasteiger charge is -2.20. The second kappa shape index (κ2) is 12.5. The number of fused-ring (bicyclic) bond motifs is 12. The molecule has 0 radical (unpaired) electrons. The zero-order valence-electron chi connectivity index (χ0n) is 32.2. The SMILES string of the molecule is N#Cc1cc(-n2c3ccccc3c3ccccc32)cc(-n2c3ccccc3c3cc(-n4c5ccccc5c5ccccc54)ccc32)c1-c1cccc2sc3ccccc3c12. The summed E-state index contributed by atoms with van der Waals surface area (Å²) in [6, 6.07) is 72.4. The highest BCUT2D eigenvalue weighted by Crippen LogP contribution is 2.46. The van der Waals surface area contributed by atoms with E-state index in [2.05, 4.69) is 214 Å². The van der Waals surface area contributed by atoms with Crippen LogP contribution in [0.15, 0.2) is 194 Å². The number of thiophene rings is 1. The van der Waals surface area contributed by atoms with Crippen molar-refractivity contribution in [3.63, 3.8) is 0 Å². The highest BCUT2D eigenvalue weighted by molar-refractivity contribution is 7.25. The maximum atomic E-state index is 11.4. The molecule has 60 heavy (non-hydrogen) atoms. The minimum Gasteiger partial charge on any atom is -0.309 e. The molecule has 0 N–H and O–H groups in total. The first-order valence-corrected chi connectivity index (χ1v) is 21.1. The Labute approximate surface area is 348 Å². The summed E-state index contributed by atoms with van der Waals surface area (Å²) in [7, 11) is 0. The first-order chi connectivity index (χ1) is 29.7. The van der Waals surface area contributed by atoms with Crippen LogP contribution < -0.4 is 0 Å². The zero-order chi connectivity index (χ0) is 39.5. The van der Waals surface area contributed by atoms with Crippen LogP contribution in [0.1, 0.15) is 5.56 Å². The summed E-state index contributed by atoms with van der Waals surface area (Å²) < 4.78 is 9.56. The van der Waals surface area contributed by atoms with Crippen LogP contribution in [0.2, 0.25) is 0 Å². The van der Waals surface area contributed by atoms with E-state index < -0.39 is 0 Å². The van der Waals surface area contributed by atoms with E-state index in [1.54, 1.807) is 11.3 Å². The van der Waals surface area contributed by atoms with Gasteiger partial charge in [-0.25, -0.2) is 0 Å². The number of benzene rings is 9. The van der Waals surface area contributed by atoms with E-state index in [-0.39, 0.29) is 0 Å². The molecule has 5 heteroatoms. The topological polar surface area (TPSA) is 38.6 Å². The molecule has 4 nitrogen and oxygen atoms in total. The number of hydrogen-bond acceptors (Lipinski definition) is 2. The van der Waals surface area contributed by atoms with Gasteiger partial charge < -0.3 is 13.7 Å². The smallest absolute Gasteiger partial charge is 0.0999 e. The van der Waals surface area contributed by atoms with Gasteiger partial charge in [0.1, 0.15) is 0 Å². The first kappa shape index (κ1) is 33.1. The lowest BCUT2D eigenvalue weighted by atomic mass is 9.93. The van der Waals surface area contributed by atoms with Gasteiger partial charge in [0.05, 0.1) is 50.4 Å². The Morgan fingerprint density at radius 3 is 1.42 bits per heavy atom. The summed E-state index contributed by atoms with van der Waals surface area (Å²) in [4.78, 5) is 0. The summed E-state index contributed by atoms with van der Waals surface area (Å²) in [5, 5.41) is 20.9. The van der Waals surface area contributed by atoms with Crippen LogP contribution >= 0.6 is 11.3 Å². The fourth-order valence-electron chi connectivity index (χ4n) is 10.0. The molecule has 0 aliphatic heterocycles. The van der Waals surface area contributed by atoms with Gasteiger partial charge in [-0.2, -0.15) is 5.26 Å². The van der Waals surface area contributed by atoms with Crippen LogP contribution in [0.3, 0.4) is 0 Å². The van der Waals surface area contributed by atoms with Crippen LogP contribution in [0.5, 0.6) is 0 Å². The van der Waals surface area contributed by atoms with Gasteiger partial charge in [-0.05, 0) is 78.4 Å². The average molecular weight is 781 g/mol. The molecule has 278 valence electrons. The lowest BCUT2D eigenvalue weighted by molar-refractivity contribution is 1.13. The van der Waals surface area contributed by atoms with E-state index in [9.17, 15) is 5.26 Å². The number of nitriles is 1. The largest absolute Gasteiger partial charge is 0.309 e. The maximum Gasteiger partial charge on any atom is 0.0999 e. The molecule has 0 aliphatic carbocycles. The van der Waals surface area contributed by atoms with E-state index in [1.807, 2.05) is 0 Å². The van der Waals surface area contributed by atoms with Crippen molar-refractivity contribution in [1.82, 2.24) is 13.7 Å². The summed E-state index contributed by atoms with van der Waals surface area (Å²) in [5.74, 6) is 0. The van der Waals surface area contributed by atoms with Gasteiger partial charge in [0.2, 0.25) is 0 Å². The Balaban J connectivity index is 1.17. The van der Waals surface area contributed by atoms with Crippen molar-refractivity contribution < 1.29 is 0 Å². The van der Waals surface area contributed by atoms with Crippen LogP contribution in [0, 0.1) is 11.3 Å². The van der Waals surface area contributed by atoms with E-state index >= 15 is 0 Å². The molecule has 0 aliphatic rings. The number of rotatable bonds is 4. The molecule has 0 amide bonds. The lowest BCUT2D eigenvalue weighted by Crippen LogP contribution is -2.04. The molecule has 0 fully saturated rings. The Morgan fingerprint density at radius 2 is 0.833 bits per heavy atom.